The molecule has 0 aliphatic rings. The van der Waals surface area contributed by atoms with Gasteiger partial charge in [-0.05, 0) is 53.8 Å². The van der Waals surface area contributed by atoms with Crippen LogP contribution in [0.5, 0.6) is 0 Å². The van der Waals surface area contributed by atoms with Crippen molar-refractivity contribution >= 4 is 42.0 Å². The van der Waals surface area contributed by atoms with E-state index in [-0.39, 0.29) is 28.6 Å². The average Bonchev–Trinajstić information content (AvgIpc) is 2.32. The Balaban J connectivity index is 5.29. The van der Waals surface area contributed by atoms with Crippen molar-refractivity contribution in [1.29, 1.82) is 0 Å². The van der Waals surface area contributed by atoms with E-state index in [2.05, 4.69) is 12.8 Å². The molecule has 0 saturated heterocycles. The zero-order valence-corrected chi connectivity index (χ0v) is 16.2. The fraction of sp³-hybridized carbons (Fsp3) is 0.800. The molecule has 0 aromatic heterocycles. The lowest BCUT2D eigenvalue weighted by atomic mass is 10.0. The summed E-state index contributed by atoms with van der Waals surface area (Å²) in [6, 6.07) is 0.0475. The van der Waals surface area contributed by atoms with Crippen LogP contribution in [-0.4, -0.2) is 46.1 Å². The van der Waals surface area contributed by atoms with Gasteiger partial charge < -0.3 is 9.47 Å². The third kappa shape index (κ3) is 6.62. The van der Waals surface area contributed by atoms with Gasteiger partial charge in [0.2, 0.25) is 4.99 Å². The number of rotatable bonds is 7. The predicted octanol–water partition coefficient (Wildman–Crippen LogP) is 2.92. The normalized spacial score (nSPS) is 15.6. The van der Waals surface area contributed by atoms with E-state index in [0.29, 0.717) is 4.99 Å². The average molecular weight is 351 g/mol. The fourth-order valence-electron chi connectivity index (χ4n) is 1.63. The van der Waals surface area contributed by atoms with Crippen LogP contribution >= 0.6 is 25.0 Å². The minimum atomic E-state index is -0.853. The molecule has 0 N–H and O–H groups in total. The molecule has 0 amide bonds. The summed E-state index contributed by atoms with van der Waals surface area (Å²) >= 11 is 9.97. The second-order valence-electron chi connectivity index (χ2n) is 6.24. The first-order valence-corrected chi connectivity index (χ1v) is 8.23. The fourth-order valence-corrected chi connectivity index (χ4v) is 2.16. The standard InChI is InChI=1S/C15H28NO4S2/c1-9(2)16(7,22)14(21)12(15(18)20-11(5)6)8-13(17)19-10(3)4/h9-12,22H,8H2,1-7H3/q+1. The molecule has 128 valence electrons. The van der Waals surface area contributed by atoms with Crippen molar-refractivity contribution in [3.63, 3.8) is 0 Å². The Labute approximate surface area is 144 Å². The first kappa shape index (κ1) is 21.3. The SMILES string of the molecule is CC(C)OC(=O)CC(C(=O)OC(C)C)C(=S)[N+](C)(S)C(C)C. The van der Waals surface area contributed by atoms with Gasteiger partial charge in [0.1, 0.15) is 0 Å². The highest BCUT2D eigenvalue weighted by Gasteiger charge is 2.41. The van der Waals surface area contributed by atoms with Gasteiger partial charge in [-0.2, -0.15) is 0 Å². The Morgan fingerprint density at radius 1 is 1.05 bits per heavy atom. The Morgan fingerprint density at radius 2 is 1.50 bits per heavy atom. The molecule has 0 fully saturated rings. The molecule has 0 rings (SSSR count). The van der Waals surface area contributed by atoms with E-state index in [0.717, 1.165) is 0 Å². The highest BCUT2D eigenvalue weighted by atomic mass is 32.1. The van der Waals surface area contributed by atoms with E-state index >= 15 is 0 Å². The van der Waals surface area contributed by atoms with Gasteiger partial charge in [-0.15, -0.1) is 0 Å². The maximum atomic E-state index is 12.3. The highest BCUT2D eigenvalue weighted by molar-refractivity contribution is 7.82. The first-order chi connectivity index (χ1) is 9.89. The number of hydrogen-bond acceptors (Lipinski definition) is 6. The molecular formula is C15H28NO4S2+. The van der Waals surface area contributed by atoms with Crippen molar-refractivity contribution in [2.75, 3.05) is 7.05 Å². The Morgan fingerprint density at radius 3 is 1.86 bits per heavy atom. The molecule has 0 radical (unpaired) electrons. The predicted molar refractivity (Wildman–Crippen MR) is 93.5 cm³/mol. The van der Waals surface area contributed by atoms with Crippen LogP contribution in [-0.2, 0) is 19.1 Å². The van der Waals surface area contributed by atoms with Crippen LogP contribution in [0.3, 0.4) is 0 Å². The van der Waals surface area contributed by atoms with Crippen LogP contribution in [0.2, 0.25) is 0 Å². The van der Waals surface area contributed by atoms with Gasteiger partial charge in [-0.25, -0.2) is 3.89 Å². The lowest BCUT2D eigenvalue weighted by Gasteiger charge is -2.33. The minimum Gasteiger partial charge on any atom is -0.463 e. The number of thiocarbonyl (C=S) groups is 1. The highest BCUT2D eigenvalue weighted by Crippen LogP contribution is 2.24. The number of thiol groups is 1. The van der Waals surface area contributed by atoms with Gasteiger partial charge in [0.15, 0.2) is 5.92 Å². The molecule has 0 spiro atoms. The molecule has 0 aromatic rings. The number of esters is 2. The van der Waals surface area contributed by atoms with E-state index in [1.165, 1.54) is 0 Å². The maximum absolute atomic E-state index is 12.3. The molecule has 2 unspecified atom stereocenters. The monoisotopic (exact) mass is 350 g/mol. The summed E-state index contributed by atoms with van der Waals surface area (Å²) in [4.78, 5) is 24.6. The van der Waals surface area contributed by atoms with Gasteiger partial charge in [0.05, 0.1) is 44.5 Å². The molecular weight excluding hydrogens is 322 g/mol. The van der Waals surface area contributed by atoms with Crippen molar-refractivity contribution in [3.8, 4) is 0 Å². The van der Waals surface area contributed by atoms with Crippen molar-refractivity contribution < 1.29 is 23.0 Å². The van der Waals surface area contributed by atoms with Crippen LogP contribution in [0.4, 0.5) is 0 Å². The quantitative estimate of drug-likeness (QED) is 0.331. The number of hydrogen-bond donors (Lipinski definition) is 1. The van der Waals surface area contributed by atoms with E-state index in [4.69, 9.17) is 21.7 Å². The van der Waals surface area contributed by atoms with Gasteiger partial charge in [0.25, 0.3) is 0 Å². The third-order valence-electron chi connectivity index (χ3n) is 3.12. The second kappa shape index (κ2) is 8.84. The van der Waals surface area contributed by atoms with Crippen LogP contribution in [0.1, 0.15) is 48.0 Å². The van der Waals surface area contributed by atoms with Gasteiger partial charge in [-0.1, -0.05) is 0 Å². The van der Waals surface area contributed by atoms with E-state index in [9.17, 15) is 9.59 Å². The summed E-state index contributed by atoms with van der Waals surface area (Å²) in [5, 5.41) is 0. The van der Waals surface area contributed by atoms with Gasteiger partial charge in [-0.3, -0.25) is 9.59 Å². The lowest BCUT2D eigenvalue weighted by Crippen LogP contribution is -2.50. The summed E-state index contributed by atoms with van der Waals surface area (Å²) in [7, 11) is 1.79. The van der Waals surface area contributed by atoms with Crippen LogP contribution in [0.15, 0.2) is 0 Å². The molecule has 0 bridgehead atoms. The largest absolute Gasteiger partial charge is 0.463 e. The second-order valence-corrected chi connectivity index (χ2v) is 7.49. The van der Waals surface area contributed by atoms with Crippen molar-refractivity contribution in [3.05, 3.63) is 0 Å². The summed E-state index contributed by atoms with van der Waals surface area (Å²) < 4.78 is 10.4. The zero-order valence-electron chi connectivity index (χ0n) is 14.5. The molecule has 5 nitrogen and oxygen atoms in total. The molecule has 22 heavy (non-hydrogen) atoms. The van der Waals surface area contributed by atoms with E-state index in [1.807, 2.05) is 13.8 Å². The molecule has 2 atom stereocenters. The maximum Gasteiger partial charge on any atom is 0.320 e. The molecule has 0 aliphatic carbocycles. The first-order valence-electron chi connectivity index (χ1n) is 7.42. The van der Waals surface area contributed by atoms with E-state index in [1.54, 1.807) is 34.7 Å². The van der Waals surface area contributed by atoms with Gasteiger partial charge >= 0.3 is 11.9 Å². The van der Waals surface area contributed by atoms with Gasteiger partial charge in [0, 0.05) is 0 Å². The lowest BCUT2D eigenvalue weighted by molar-refractivity contribution is -0.696. The Kier molecular flexibility index (Phi) is 8.57. The molecule has 7 heteroatoms. The molecule has 0 heterocycles. The number of carbonyl (C=O) groups is 2. The number of quaternary nitrogens is 1. The zero-order chi connectivity index (χ0) is 17.7. The summed E-state index contributed by atoms with van der Waals surface area (Å²) in [6.45, 7) is 10.9. The summed E-state index contributed by atoms with van der Waals surface area (Å²) in [5.41, 5.74) is 0. The number of ether oxygens (including phenoxy) is 2. The Hall–Kier alpha value is -0.660. The van der Waals surface area contributed by atoms with Crippen LogP contribution < -0.4 is 0 Å². The molecule has 0 aromatic carbocycles. The van der Waals surface area contributed by atoms with E-state index < -0.39 is 17.9 Å². The minimum absolute atomic E-state index is 0.0475. The molecule has 0 saturated carbocycles. The van der Waals surface area contributed by atoms with Crippen LogP contribution in [0, 0.1) is 5.92 Å². The summed E-state index contributed by atoms with van der Waals surface area (Å²) in [6.07, 6.45) is -0.662. The number of nitrogens with zero attached hydrogens (tertiary/aromatic N) is 1. The van der Waals surface area contributed by atoms with Crippen molar-refractivity contribution in [2.45, 2.75) is 66.2 Å². The third-order valence-corrected chi connectivity index (χ3v) is 4.60. The number of carbonyl (C=O) groups excluding carboxylic acids is 2. The van der Waals surface area contributed by atoms with Crippen molar-refractivity contribution in [1.82, 2.24) is 0 Å². The smallest absolute Gasteiger partial charge is 0.320 e. The summed E-state index contributed by atoms with van der Waals surface area (Å²) in [5.74, 6) is -1.84. The molecule has 0 aliphatic heterocycles. The van der Waals surface area contributed by atoms with Crippen molar-refractivity contribution in [2.24, 2.45) is 5.92 Å². The Bertz CT molecular complexity index is 420. The topological polar surface area (TPSA) is 52.6 Å². The van der Waals surface area contributed by atoms with Crippen LogP contribution in [0.25, 0.3) is 0 Å².